The van der Waals surface area contributed by atoms with Crippen molar-refractivity contribution in [2.24, 2.45) is 0 Å². The smallest absolute Gasteiger partial charge is 0.268 e. The van der Waals surface area contributed by atoms with Crippen LogP contribution in [-0.4, -0.2) is 17.6 Å². The van der Waals surface area contributed by atoms with Gasteiger partial charge in [0.2, 0.25) is 0 Å². The maximum atomic E-state index is 12.9. The lowest BCUT2D eigenvalue weighted by atomic mass is 10.1. The first-order chi connectivity index (χ1) is 13.7. The number of carbonyl (C=O) groups excluding carboxylic acids is 1. The van der Waals surface area contributed by atoms with Crippen LogP contribution < -0.4 is 10.1 Å². The highest BCUT2D eigenvalue weighted by Crippen LogP contribution is 2.23. The quantitative estimate of drug-likeness (QED) is 0.539. The van der Waals surface area contributed by atoms with Crippen molar-refractivity contribution in [3.05, 3.63) is 89.3 Å². The standard InChI is InChI=1S/C23H22N2O3/c1-16-7-9-17(10-8-16)15-25-19-11-12-28-22(19)13-20(25)23(26)24-14-18-5-3-4-6-21(18)27-2/h3-13H,14-15H2,1-2H3,(H,24,26). The molecule has 4 aromatic rings. The molecule has 0 bridgehead atoms. The molecule has 0 aliphatic carbocycles. The molecule has 1 N–H and O–H groups in total. The summed E-state index contributed by atoms with van der Waals surface area (Å²) in [5.74, 6) is 0.607. The van der Waals surface area contributed by atoms with Crippen molar-refractivity contribution in [2.45, 2.75) is 20.0 Å². The van der Waals surface area contributed by atoms with Gasteiger partial charge in [0.1, 0.15) is 11.4 Å². The van der Waals surface area contributed by atoms with E-state index in [0.29, 0.717) is 24.4 Å². The summed E-state index contributed by atoms with van der Waals surface area (Å²) < 4.78 is 12.9. The minimum Gasteiger partial charge on any atom is -0.496 e. The van der Waals surface area contributed by atoms with Crippen LogP contribution in [0.3, 0.4) is 0 Å². The molecule has 0 spiro atoms. The fourth-order valence-electron chi connectivity index (χ4n) is 3.33. The maximum absolute atomic E-state index is 12.9. The minimum atomic E-state index is -0.149. The molecule has 142 valence electrons. The van der Waals surface area contributed by atoms with E-state index >= 15 is 0 Å². The Kier molecular flexibility index (Phi) is 4.89. The van der Waals surface area contributed by atoms with Gasteiger partial charge < -0.3 is 19.0 Å². The number of carbonyl (C=O) groups is 1. The van der Waals surface area contributed by atoms with E-state index in [1.54, 1.807) is 19.4 Å². The number of nitrogens with one attached hydrogen (secondary N) is 1. The molecule has 4 rings (SSSR count). The lowest BCUT2D eigenvalue weighted by Gasteiger charge is -2.12. The Balaban J connectivity index is 1.60. The van der Waals surface area contributed by atoms with Gasteiger partial charge in [-0.2, -0.15) is 0 Å². The number of aromatic nitrogens is 1. The molecule has 0 saturated carbocycles. The van der Waals surface area contributed by atoms with E-state index < -0.39 is 0 Å². The van der Waals surface area contributed by atoms with Gasteiger partial charge in [-0.1, -0.05) is 48.0 Å². The summed E-state index contributed by atoms with van der Waals surface area (Å²) in [4.78, 5) is 12.9. The number of ether oxygens (including phenoxy) is 1. The minimum absolute atomic E-state index is 0.149. The third kappa shape index (κ3) is 3.51. The molecule has 0 saturated heterocycles. The highest BCUT2D eigenvalue weighted by atomic mass is 16.5. The van der Waals surface area contributed by atoms with Gasteiger partial charge in [-0.05, 0) is 18.6 Å². The number of hydrogen-bond donors (Lipinski definition) is 1. The SMILES string of the molecule is COc1ccccc1CNC(=O)c1cc2occc2n1Cc1ccc(C)cc1. The molecule has 5 heteroatoms. The van der Waals surface area contributed by atoms with Crippen LogP contribution in [0.15, 0.2) is 71.3 Å². The second-order valence-corrected chi connectivity index (χ2v) is 6.77. The number of nitrogens with zero attached hydrogens (tertiary/aromatic N) is 1. The van der Waals surface area contributed by atoms with Gasteiger partial charge in [-0.15, -0.1) is 0 Å². The largest absolute Gasteiger partial charge is 0.496 e. The van der Waals surface area contributed by atoms with Crippen molar-refractivity contribution < 1.29 is 13.9 Å². The van der Waals surface area contributed by atoms with Gasteiger partial charge in [0.25, 0.3) is 5.91 Å². The van der Waals surface area contributed by atoms with Crippen LogP contribution in [0.5, 0.6) is 5.75 Å². The molecule has 2 aromatic carbocycles. The number of benzene rings is 2. The topological polar surface area (TPSA) is 56.4 Å². The van der Waals surface area contributed by atoms with Crippen molar-refractivity contribution in [3.8, 4) is 5.75 Å². The number of aryl methyl sites for hydroxylation is 1. The van der Waals surface area contributed by atoms with Crippen molar-refractivity contribution in [1.29, 1.82) is 0 Å². The van der Waals surface area contributed by atoms with Crippen molar-refractivity contribution in [2.75, 3.05) is 7.11 Å². The Morgan fingerprint density at radius 3 is 2.68 bits per heavy atom. The van der Waals surface area contributed by atoms with E-state index in [1.807, 2.05) is 34.9 Å². The molecule has 0 fully saturated rings. The summed E-state index contributed by atoms with van der Waals surface area (Å²) >= 11 is 0. The monoisotopic (exact) mass is 374 g/mol. The lowest BCUT2D eigenvalue weighted by molar-refractivity contribution is 0.0942. The summed E-state index contributed by atoms with van der Waals surface area (Å²) in [6.45, 7) is 3.05. The zero-order valence-electron chi connectivity index (χ0n) is 15.9. The molecular weight excluding hydrogens is 352 g/mol. The van der Waals surface area contributed by atoms with E-state index in [1.165, 1.54) is 5.56 Å². The Morgan fingerprint density at radius 1 is 1.11 bits per heavy atom. The molecule has 0 unspecified atom stereocenters. The van der Waals surface area contributed by atoms with E-state index in [4.69, 9.17) is 9.15 Å². The number of furan rings is 1. The maximum Gasteiger partial charge on any atom is 0.268 e. The second kappa shape index (κ2) is 7.64. The van der Waals surface area contributed by atoms with Gasteiger partial charge >= 0.3 is 0 Å². The molecule has 0 aliphatic rings. The van der Waals surface area contributed by atoms with E-state index in [0.717, 1.165) is 22.4 Å². The van der Waals surface area contributed by atoms with Crippen molar-refractivity contribution in [1.82, 2.24) is 9.88 Å². The Hall–Kier alpha value is -3.47. The molecular formula is C23H22N2O3. The molecule has 1 amide bonds. The molecule has 0 aliphatic heterocycles. The van der Waals surface area contributed by atoms with Crippen LogP contribution in [-0.2, 0) is 13.1 Å². The summed E-state index contributed by atoms with van der Waals surface area (Å²) in [5, 5.41) is 2.99. The van der Waals surface area contributed by atoms with Crippen LogP contribution in [0, 0.1) is 6.92 Å². The fourth-order valence-corrected chi connectivity index (χ4v) is 3.33. The van der Waals surface area contributed by atoms with Gasteiger partial charge in [-0.25, -0.2) is 0 Å². The molecule has 2 heterocycles. The molecule has 0 atom stereocenters. The number of rotatable bonds is 6. The van der Waals surface area contributed by atoms with Crippen LogP contribution in [0.1, 0.15) is 27.2 Å². The van der Waals surface area contributed by atoms with Crippen LogP contribution in [0.4, 0.5) is 0 Å². The highest BCUT2D eigenvalue weighted by Gasteiger charge is 2.18. The summed E-state index contributed by atoms with van der Waals surface area (Å²) in [5.41, 5.74) is 5.45. The molecule has 0 radical (unpaired) electrons. The van der Waals surface area contributed by atoms with Crippen LogP contribution >= 0.6 is 0 Å². The molecule has 28 heavy (non-hydrogen) atoms. The first kappa shape index (κ1) is 17.9. The Bertz CT molecular complexity index is 1110. The predicted octanol–water partition coefficient (Wildman–Crippen LogP) is 4.53. The van der Waals surface area contributed by atoms with E-state index in [9.17, 15) is 4.79 Å². The highest BCUT2D eigenvalue weighted by molar-refractivity contribution is 5.97. The first-order valence-corrected chi connectivity index (χ1v) is 9.18. The third-order valence-electron chi connectivity index (χ3n) is 4.85. The van der Waals surface area contributed by atoms with E-state index in [-0.39, 0.29) is 5.91 Å². The number of para-hydroxylation sites is 1. The van der Waals surface area contributed by atoms with Gasteiger partial charge in [0.15, 0.2) is 5.58 Å². The zero-order valence-corrected chi connectivity index (χ0v) is 15.9. The average Bonchev–Trinajstić information content (AvgIpc) is 3.30. The number of hydrogen-bond acceptors (Lipinski definition) is 3. The van der Waals surface area contributed by atoms with Crippen molar-refractivity contribution in [3.63, 3.8) is 0 Å². The second-order valence-electron chi connectivity index (χ2n) is 6.77. The summed E-state index contributed by atoms with van der Waals surface area (Å²) in [6.07, 6.45) is 1.65. The third-order valence-corrected chi connectivity index (χ3v) is 4.85. The normalized spacial score (nSPS) is 10.9. The fraction of sp³-hybridized carbons (Fsp3) is 0.174. The first-order valence-electron chi connectivity index (χ1n) is 9.18. The summed E-state index contributed by atoms with van der Waals surface area (Å²) in [6, 6.07) is 19.7. The predicted molar refractivity (Wildman–Crippen MR) is 109 cm³/mol. The number of amides is 1. The zero-order chi connectivity index (χ0) is 19.5. The Labute approximate surface area is 163 Å². The number of fused-ring (bicyclic) bond motifs is 1. The van der Waals surface area contributed by atoms with Gasteiger partial charge in [0, 0.05) is 30.8 Å². The molecule has 5 nitrogen and oxygen atoms in total. The van der Waals surface area contributed by atoms with Crippen LogP contribution in [0.2, 0.25) is 0 Å². The lowest BCUT2D eigenvalue weighted by Crippen LogP contribution is -2.25. The summed E-state index contributed by atoms with van der Waals surface area (Å²) in [7, 11) is 1.63. The van der Waals surface area contributed by atoms with Crippen LogP contribution in [0.25, 0.3) is 11.1 Å². The van der Waals surface area contributed by atoms with Gasteiger partial charge in [0.05, 0.1) is 18.9 Å². The average molecular weight is 374 g/mol. The number of methoxy groups -OCH3 is 1. The Morgan fingerprint density at radius 2 is 1.89 bits per heavy atom. The van der Waals surface area contributed by atoms with Gasteiger partial charge in [-0.3, -0.25) is 4.79 Å². The van der Waals surface area contributed by atoms with Crippen molar-refractivity contribution >= 4 is 17.0 Å². The van der Waals surface area contributed by atoms with E-state index in [2.05, 4.69) is 36.5 Å². The molecule has 2 aromatic heterocycles.